The number of benzene rings is 1. The van der Waals surface area contributed by atoms with Gasteiger partial charge in [0.05, 0.1) is 17.7 Å². The highest BCUT2D eigenvalue weighted by Crippen LogP contribution is 2.37. The van der Waals surface area contributed by atoms with Crippen LogP contribution in [0, 0.1) is 6.92 Å². The van der Waals surface area contributed by atoms with Crippen LogP contribution >= 0.6 is 11.3 Å². The zero-order valence-electron chi connectivity index (χ0n) is 13.1. The van der Waals surface area contributed by atoms with E-state index in [0.29, 0.717) is 0 Å². The number of nitrogens with one attached hydrogen (secondary N) is 1. The maximum atomic E-state index is 5.66. The molecule has 1 aromatic carbocycles. The molecule has 0 amide bonds. The first-order chi connectivity index (χ1) is 10.7. The quantitative estimate of drug-likeness (QED) is 0.658. The van der Waals surface area contributed by atoms with Crippen molar-refractivity contribution in [3.8, 4) is 16.3 Å². The summed E-state index contributed by atoms with van der Waals surface area (Å²) >= 11 is 1.79. The van der Waals surface area contributed by atoms with Crippen molar-refractivity contribution in [1.29, 1.82) is 0 Å². The molecule has 0 aliphatic carbocycles. The maximum absolute atomic E-state index is 5.66. The highest BCUT2D eigenvalue weighted by molar-refractivity contribution is 7.13. The van der Waals surface area contributed by atoms with E-state index < -0.39 is 0 Å². The summed E-state index contributed by atoms with van der Waals surface area (Å²) in [5, 5.41) is 3.42. The summed E-state index contributed by atoms with van der Waals surface area (Å²) in [5.41, 5.74) is 10.8. The number of ether oxygens (including phenoxy) is 1. The van der Waals surface area contributed by atoms with Gasteiger partial charge in [-0.1, -0.05) is 0 Å². The molecule has 116 valence electrons. The Labute approximate surface area is 135 Å². The molecule has 0 unspecified atom stereocenters. The lowest BCUT2D eigenvalue weighted by molar-refractivity contribution is 0.415. The molecule has 22 heavy (non-hydrogen) atoms. The van der Waals surface area contributed by atoms with E-state index in [1.54, 1.807) is 18.4 Å². The molecule has 2 aromatic heterocycles. The predicted octanol–water partition coefficient (Wildman–Crippen LogP) is 4.49. The summed E-state index contributed by atoms with van der Waals surface area (Å²) < 4.78 is 5.40. The van der Waals surface area contributed by atoms with Crippen LogP contribution in [0.15, 0.2) is 29.6 Å². The second kappa shape index (κ2) is 6.55. The van der Waals surface area contributed by atoms with Gasteiger partial charge in [0.25, 0.3) is 0 Å². The van der Waals surface area contributed by atoms with E-state index >= 15 is 0 Å². The van der Waals surface area contributed by atoms with Gasteiger partial charge in [0.15, 0.2) is 0 Å². The molecule has 3 nitrogen and oxygen atoms in total. The second-order valence-corrected chi connectivity index (χ2v) is 6.48. The third kappa shape index (κ3) is 2.76. The number of unbranched alkanes of at least 4 members (excludes halogenated alkanes) is 1. The minimum absolute atomic E-state index is 0.749. The lowest BCUT2D eigenvalue weighted by atomic mass is 10.0. The number of nitrogens with two attached hydrogens (primary N) is 1. The average Bonchev–Trinajstić information content (AvgIpc) is 3.10. The number of aromatic amines is 1. The molecular formula is C18H22N2OS. The number of H-pyrrole nitrogens is 1. The van der Waals surface area contributed by atoms with Crippen molar-refractivity contribution >= 4 is 22.2 Å². The van der Waals surface area contributed by atoms with E-state index in [-0.39, 0.29) is 0 Å². The summed E-state index contributed by atoms with van der Waals surface area (Å²) in [5.74, 6) is 0.904. The number of methoxy groups -OCH3 is 1. The molecule has 0 bridgehead atoms. The Morgan fingerprint density at radius 1 is 1.23 bits per heavy atom. The first-order valence-electron chi connectivity index (χ1n) is 7.67. The maximum Gasteiger partial charge on any atom is 0.119 e. The van der Waals surface area contributed by atoms with Gasteiger partial charge in [-0.25, -0.2) is 0 Å². The van der Waals surface area contributed by atoms with Gasteiger partial charge < -0.3 is 15.5 Å². The third-order valence-corrected chi connectivity index (χ3v) is 5.12. The Morgan fingerprint density at radius 3 is 2.77 bits per heavy atom. The van der Waals surface area contributed by atoms with E-state index in [4.69, 9.17) is 10.5 Å². The summed E-state index contributed by atoms with van der Waals surface area (Å²) in [6, 6.07) is 8.42. The fourth-order valence-electron chi connectivity index (χ4n) is 2.88. The molecule has 0 radical (unpaired) electrons. The van der Waals surface area contributed by atoms with Gasteiger partial charge in [-0.2, -0.15) is 0 Å². The Hall–Kier alpha value is -1.78. The minimum Gasteiger partial charge on any atom is -0.497 e. The van der Waals surface area contributed by atoms with Crippen LogP contribution in [-0.4, -0.2) is 18.6 Å². The Balaban J connectivity index is 2.13. The van der Waals surface area contributed by atoms with E-state index in [1.165, 1.54) is 32.6 Å². The van der Waals surface area contributed by atoms with Gasteiger partial charge in [-0.15, -0.1) is 11.3 Å². The van der Waals surface area contributed by atoms with Crippen molar-refractivity contribution in [3.05, 3.63) is 40.8 Å². The fraction of sp³-hybridized carbons (Fsp3) is 0.333. The van der Waals surface area contributed by atoms with Crippen molar-refractivity contribution in [2.75, 3.05) is 13.7 Å². The molecule has 0 saturated carbocycles. The second-order valence-electron chi connectivity index (χ2n) is 5.57. The molecule has 0 aliphatic rings. The SMILES string of the molecule is COc1ccc2[nH]c(-c3sccc3C)c(CCCCN)c2c1. The number of hydrogen-bond donors (Lipinski definition) is 2. The van der Waals surface area contributed by atoms with E-state index in [0.717, 1.165) is 31.6 Å². The number of rotatable bonds is 6. The van der Waals surface area contributed by atoms with Crippen LogP contribution in [0.2, 0.25) is 0 Å². The van der Waals surface area contributed by atoms with Crippen LogP contribution in [0.1, 0.15) is 24.0 Å². The van der Waals surface area contributed by atoms with Gasteiger partial charge in [0, 0.05) is 10.9 Å². The zero-order chi connectivity index (χ0) is 15.5. The van der Waals surface area contributed by atoms with E-state index in [9.17, 15) is 0 Å². The van der Waals surface area contributed by atoms with Crippen molar-refractivity contribution in [2.24, 2.45) is 5.73 Å². The summed E-state index contributed by atoms with van der Waals surface area (Å²) in [4.78, 5) is 4.94. The van der Waals surface area contributed by atoms with E-state index in [2.05, 4.69) is 35.5 Å². The lowest BCUT2D eigenvalue weighted by Crippen LogP contribution is -1.99. The number of aromatic nitrogens is 1. The summed E-state index contributed by atoms with van der Waals surface area (Å²) in [6.45, 7) is 2.92. The highest BCUT2D eigenvalue weighted by Gasteiger charge is 2.16. The molecule has 0 spiro atoms. The Bertz CT molecular complexity index is 773. The fourth-order valence-corrected chi connectivity index (χ4v) is 3.84. The minimum atomic E-state index is 0.749. The topological polar surface area (TPSA) is 51.0 Å². The molecule has 3 rings (SSSR count). The normalized spacial score (nSPS) is 11.2. The molecule has 3 N–H and O–H groups in total. The van der Waals surface area contributed by atoms with Gasteiger partial charge in [-0.3, -0.25) is 0 Å². The number of aryl methyl sites for hydroxylation is 2. The van der Waals surface area contributed by atoms with Gasteiger partial charge >= 0.3 is 0 Å². The van der Waals surface area contributed by atoms with Crippen molar-refractivity contribution in [3.63, 3.8) is 0 Å². The van der Waals surface area contributed by atoms with Crippen LogP contribution in [0.3, 0.4) is 0 Å². The average molecular weight is 314 g/mol. The standard InChI is InChI=1S/C18H22N2OS/c1-12-8-10-22-18(12)17-14(5-3-4-9-19)15-11-13(21-2)6-7-16(15)20-17/h6-8,10-11,20H,3-5,9,19H2,1-2H3. The first kappa shape index (κ1) is 15.1. The number of fused-ring (bicyclic) bond motifs is 1. The summed E-state index contributed by atoms with van der Waals surface area (Å²) in [7, 11) is 1.71. The van der Waals surface area contributed by atoms with Crippen LogP contribution in [0.4, 0.5) is 0 Å². The number of hydrogen-bond acceptors (Lipinski definition) is 3. The first-order valence-corrected chi connectivity index (χ1v) is 8.55. The molecule has 4 heteroatoms. The van der Waals surface area contributed by atoms with Crippen LogP contribution in [0.25, 0.3) is 21.5 Å². The molecule has 2 heterocycles. The smallest absolute Gasteiger partial charge is 0.119 e. The molecule has 0 saturated heterocycles. The Kier molecular flexibility index (Phi) is 4.50. The molecule has 0 aliphatic heterocycles. The van der Waals surface area contributed by atoms with Crippen LogP contribution in [0.5, 0.6) is 5.75 Å². The highest BCUT2D eigenvalue weighted by atomic mass is 32.1. The largest absolute Gasteiger partial charge is 0.497 e. The lowest BCUT2D eigenvalue weighted by Gasteiger charge is -2.05. The van der Waals surface area contributed by atoms with Gasteiger partial charge in [-0.05, 0) is 73.5 Å². The Morgan fingerprint density at radius 2 is 2.09 bits per heavy atom. The van der Waals surface area contributed by atoms with Crippen LogP contribution in [-0.2, 0) is 6.42 Å². The summed E-state index contributed by atoms with van der Waals surface area (Å²) in [6.07, 6.45) is 3.20. The van der Waals surface area contributed by atoms with Crippen molar-refractivity contribution in [1.82, 2.24) is 4.98 Å². The molecular weight excluding hydrogens is 292 g/mol. The molecule has 0 atom stereocenters. The van der Waals surface area contributed by atoms with Crippen molar-refractivity contribution < 1.29 is 4.74 Å². The number of thiophene rings is 1. The third-order valence-electron chi connectivity index (χ3n) is 4.08. The van der Waals surface area contributed by atoms with E-state index in [1.807, 2.05) is 6.07 Å². The van der Waals surface area contributed by atoms with Crippen molar-refractivity contribution in [2.45, 2.75) is 26.2 Å². The zero-order valence-corrected chi connectivity index (χ0v) is 13.9. The van der Waals surface area contributed by atoms with Crippen LogP contribution < -0.4 is 10.5 Å². The van der Waals surface area contributed by atoms with Gasteiger partial charge in [0.2, 0.25) is 0 Å². The molecule has 3 aromatic rings. The molecule has 0 fully saturated rings. The predicted molar refractivity (Wildman–Crippen MR) is 94.9 cm³/mol. The van der Waals surface area contributed by atoms with Gasteiger partial charge in [0.1, 0.15) is 5.75 Å². The monoisotopic (exact) mass is 314 g/mol.